The number of halogens is 2. The minimum absolute atomic E-state index is 0.561. The zero-order valence-corrected chi connectivity index (χ0v) is 20.2. The van der Waals surface area contributed by atoms with Gasteiger partial charge in [-0.25, -0.2) is 0 Å². The van der Waals surface area contributed by atoms with Crippen LogP contribution in [-0.2, 0) is 51.4 Å². The summed E-state index contributed by atoms with van der Waals surface area (Å²) in [5.74, 6) is 0. The average molecular weight is 596 g/mol. The molecule has 0 aliphatic carbocycles. The van der Waals surface area contributed by atoms with E-state index < -0.39 is 46.7 Å². The summed E-state index contributed by atoms with van der Waals surface area (Å²) >= 11 is -2.11. The SMILES string of the molecule is [Cl][Hg][CH]1CCC2OC1CC[CH]2[Hg][Cl]. The van der Waals surface area contributed by atoms with Gasteiger partial charge in [-0.2, -0.15) is 0 Å². The Balaban J connectivity index is 1.96. The number of hydrogen-bond donors (Lipinski definition) is 0. The standard InChI is InChI=1S/C8H12O.2ClH.2Hg/c1-3-7-5-2-6-8(4-1)9-7;;;;/h3,6-8H,1-2,4-5H2;2*1H;;/q;;;2*+1/p-2. The molecule has 0 N–H and O–H groups in total. The van der Waals surface area contributed by atoms with Gasteiger partial charge in [0.05, 0.1) is 0 Å². The van der Waals surface area contributed by atoms with E-state index in [9.17, 15) is 0 Å². The number of ether oxygens (including phenoxy) is 1. The van der Waals surface area contributed by atoms with E-state index in [-0.39, 0.29) is 0 Å². The van der Waals surface area contributed by atoms with Gasteiger partial charge in [-0.3, -0.25) is 0 Å². The van der Waals surface area contributed by atoms with Crippen LogP contribution in [0.4, 0.5) is 0 Å². The third kappa shape index (κ3) is 2.75. The van der Waals surface area contributed by atoms with Crippen LogP contribution in [0.5, 0.6) is 0 Å². The molecule has 68 valence electrons. The molecule has 0 radical (unpaired) electrons. The Morgan fingerprint density at radius 1 is 0.846 bits per heavy atom. The summed E-state index contributed by atoms with van der Waals surface area (Å²) in [4.78, 5) is 0. The predicted octanol–water partition coefficient (Wildman–Crippen LogP) is 3.38. The van der Waals surface area contributed by atoms with Crippen molar-refractivity contribution in [1.29, 1.82) is 0 Å². The van der Waals surface area contributed by atoms with Crippen LogP contribution in [0.1, 0.15) is 25.7 Å². The molecule has 0 aromatic heterocycles. The molecule has 2 aliphatic rings. The van der Waals surface area contributed by atoms with Crippen molar-refractivity contribution in [3.63, 3.8) is 0 Å². The Hall–Kier alpha value is 2.41. The first-order valence-electron chi connectivity index (χ1n) is 5.12. The van der Waals surface area contributed by atoms with Crippen LogP contribution >= 0.6 is 16.5 Å². The molecule has 13 heavy (non-hydrogen) atoms. The summed E-state index contributed by atoms with van der Waals surface area (Å²) in [5, 5.41) is 0. The molecule has 2 aliphatic heterocycles. The second-order valence-electron chi connectivity index (χ2n) is 4.20. The molecule has 1 nitrogen and oxygen atoms in total. The van der Waals surface area contributed by atoms with Crippen molar-refractivity contribution in [2.75, 3.05) is 0 Å². The van der Waals surface area contributed by atoms with Crippen molar-refractivity contribution in [3.05, 3.63) is 0 Å². The molecule has 2 rings (SSSR count). The number of fused-ring (bicyclic) bond motifs is 2. The van der Waals surface area contributed by atoms with E-state index in [4.69, 9.17) is 21.2 Å². The Morgan fingerprint density at radius 2 is 1.31 bits per heavy atom. The van der Waals surface area contributed by atoms with E-state index in [1.807, 2.05) is 0 Å². The quantitative estimate of drug-likeness (QED) is 0.445. The normalized spacial score (nSPS) is 43.5. The molecule has 0 aromatic carbocycles. The van der Waals surface area contributed by atoms with Crippen LogP contribution in [0.25, 0.3) is 0 Å². The average Bonchev–Trinajstić information content (AvgIpc) is 2.19. The fourth-order valence-electron chi connectivity index (χ4n) is 2.54. The van der Waals surface area contributed by atoms with E-state index in [1.165, 1.54) is 25.7 Å². The fourth-order valence-corrected chi connectivity index (χ4v) is 16.0. The van der Waals surface area contributed by atoms with Crippen molar-refractivity contribution in [2.45, 2.75) is 44.7 Å². The van der Waals surface area contributed by atoms with Gasteiger partial charge in [0.2, 0.25) is 0 Å². The molecule has 2 saturated heterocycles. The molecule has 0 amide bonds. The molecule has 2 heterocycles. The topological polar surface area (TPSA) is 9.23 Å². The van der Waals surface area contributed by atoms with Gasteiger partial charge < -0.3 is 0 Å². The molecule has 0 aromatic rings. The van der Waals surface area contributed by atoms with E-state index >= 15 is 0 Å². The van der Waals surface area contributed by atoms with Crippen molar-refractivity contribution < 1.29 is 51.4 Å². The van der Waals surface area contributed by atoms with E-state index in [2.05, 4.69) is 0 Å². The zero-order chi connectivity index (χ0) is 9.26. The van der Waals surface area contributed by atoms with Crippen LogP contribution < -0.4 is 0 Å². The van der Waals surface area contributed by atoms with Gasteiger partial charge in [0.25, 0.3) is 0 Å². The van der Waals surface area contributed by atoms with Crippen molar-refractivity contribution in [3.8, 4) is 0 Å². The van der Waals surface area contributed by atoms with Crippen LogP contribution in [0.2, 0.25) is 6.85 Å². The zero-order valence-electron chi connectivity index (χ0n) is 7.72. The summed E-state index contributed by atoms with van der Waals surface area (Å²) in [7, 11) is 12.3. The van der Waals surface area contributed by atoms with Crippen LogP contribution in [0.3, 0.4) is 0 Å². The second kappa shape index (κ2) is 5.65. The maximum atomic E-state index is 6.13. The van der Waals surface area contributed by atoms with Gasteiger partial charge in [0.15, 0.2) is 0 Å². The predicted molar refractivity (Wildman–Crippen MR) is 46.3 cm³/mol. The summed E-state index contributed by atoms with van der Waals surface area (Å²) in [6, 6.07) is 0. The monoisotopic (exact) mass is 598 g/mol. The number of hydrogen-bond acceptors (Lipinski definition) is 1. The van der Waals surface area contributed by atoms with Gasteiger partial charge in [-0.15, -0.1) is 0 Å². The summed E-state index contributed by atoms with van der Waals surface area (Å²) in [6.45, 7) is 0. The van der Waals surface area contributed by atoms with E-state index in [0.29, 0.717) is 12.2 Å². The third-order valence-corrected chi connectivity index (χ3v) is 20.7. The van der Waals surface area contributed by atoms with E-state index in [1.54, 1.807) is 0 Å². The molecule has 4 unspecified atom stereocenters. The molecule has 0 saturated carbocycles. The van der Waals surface area contributed by atoms with Gasteiger partial charge >= 0.3 is 113 Å². The molecule has 2 bridgehead atoms. The van der Waals surface area contributed by atoms with Gasteiger partial charge in [-0.1, -0.05) is 0 Å². The molecule has 4 atom stereocenters. The first-order chi connectivity index (χ1) is 6.35. The summed E-state index contributed by atoms with van der Waals surface area (Å²) in [6.07, 6.45) is 6.39. The minimum atomic E-state index is -1.05. The Bertz CT molecular complexity index is 164. The van der Waals surface area contributed by atoms with Gasteiger partial charge in [-0.05, 0) is 0 Å². The second-order valence-corrected chi connectivity index (χ2v) is 20.2. The Morgan fingerprint density at radius 3 is 1.69 bits per heavy atom. The van der Waals surface area contributed by atoms with Crippen molar-refractivity contribution in [2.24, 2.45) is 0 Å². The van der Waals surface area contributed by atoms with Crippen LogP contribution in [0.15, 0.2) is 0 Å². The molecule has 5 heteroatoms. The Kier molecular flexibility index (Phi) is 5.17. The maximum absolute atomic E-state index is 6.13. The number of rotatable bonds is 2. The molecule has 0 spiro atoms. The molecular weight excluding hydrogens is 584 g/mol. The Labute approximate surface area is 111 Å². The van der Waals surface area contributed by atoms with Crippen molar-refractivity contribution >= 4 is 16.5 Å². The first-order valence-corrected chi connectivity index (χ1v) is 25.0. The fraction of sp³-hybridized carbons (Fsp3) is 1.00. The third-order valence-electron chi connectivity index (χ3n) is 3.44. The first kappa shape index (κ1) is 11.9. The summed E-state index contributed by atoms with van der Waals surface area (Å²) in [5.41, 5.74) is 0. The summed E-state index contributed by atoms with van der Waals surface area (Å²) < 4.78 is 7.75. The van der Waals surface area contributed by atoms with Crippen LogP contribution in [0, 0.1) is 0 Å². The van der Waals surface area contributed by atoms with Crippen LogP contribution in [-0.4, -0.2) is 12.2 Å². The molecule has 2 fully saturated rings. The molecular formula is C8H12Cl2Hg2O. The van der Waals surface area contributed by atoms with Crippen molar-refractivity contribution in [1.82, 2.24) is 0 Å². The van der Waals surface area contributed by atoms with E-state index in [0.717, 1.165) is 6.85 Å². The van der Waals surface area contributed by atoms with Gasteiger partial charge in [0.1, 0.15) is 0 Å². The van der Waals surface area contributed by atoms with Gasteiger partial charge in [0, 0.05) is 0 Å².